The number of hydrogen-bond donors (Lipinski definition) is 1. The molecule has 0 saturated heterocycles. The molecular formula is C14H16BrN3O2. The number of hydrogen-bond acceptors (Lipinski definition) is 5. The molecule has 1 aromatic heterocycles. The van der Waals surface area contributed by atoms with Gasteiger partial charge in [-0.3, -0.25) is 0 Å². The van der Waals surface area contributed by atoms with Gasteiger partial charge in [-0.25, -0.2) is 0 Å². The number of aromatic nitrogens is 2. The van der Waals surface area contributed by atoms with E-state index in [0.717, 1.165) is 29.5 Å². The minimum atomic E-state index is -0.406. The summed E-state index contributed by atoms with van der Waals surface area (Å²) in [4.78, 5) is 4.38. The van der Waals surface area contributed by atoms with Crippen molar-refractivity contribution in [3.63, 3.8) is 0 Å². The predicted molar refractivity (Wildman–Crippen MR) is 77.2 cm³/mol. The van der Waals surface area contributed by atoms with Crippen LogP contribution in [0.3, 0.4) is 0 Å². The SMILES string of the molecule is CC(Oc1cccc(Br)c1)c1nc(C2(N)CCC2)no1. The van der Waals surface area contributed by atoms with Gasteiger partial charge >= 0.3 is 0 Å². The Morgan fingerprint density at radius 2 is 2.25 bits per heavy atom. The van der Waals surface area contributed by atoms with Crippen LogP contribution in [0.2, 0.25) is 0 Å². The lowest BCUT2D eigenvalue weighted by atomic mass is 9.77. The van der Waals surface area contributed by atoms with Crippen molar-refractivity contribution in [1.82, 2.24) is 10.1 Å². The zero-order valence-corrected chi connectivity index (χ0v) is 12.8. The zero-order chi connectivity index (χ0) is 14.2. The van der Waals surface area contributed by atoms with E-state index in [4.69, 9.17) is 15.0 Å². The van der Waals surface area contributed by atoms with Gasteiger partial charge in [-0.2, -0.15) is 4.98 Å². The molecule has 1 saturated carbocycles. The molecule has 6 heteroatoms. The summed E-state index contributed by atoms with van der Waals surface area (Å²) < 4.78 is 12.0. The second kappa shape index (κ2) is 5.18. The summed E-state index contributed by atoms with van der Waals surface area (Å²) >= 11 is 3.41. The van der Waals surface area contributed by atoms with E-state index < -0.39 is 5.54 Å². The number of nitrogens with zero attached hydrogens (tertiary/aromatic N) is 2. The van der Waals surface area contributed by atoms with Crippen molar-refractivity contribution in [2.24, 2.45) is 5.73 Å². The normalized spacial score (nSPS) is 18.4. The van der Waals surface area contributed by atoms with E-state index in [0.29, 0.717) is 11.7 Å². The fourth-order valence-electron chi connectivity index (χ4n) is 2.18. The van der Waals surface area contributed by atoms with Crippen LogP contribution in [-0.2, 0) is 5.54 Å². The van der Waals surface area contributed by atoms with E-state index in [9.17, 15) is 0 Å². The molecule has 1 aliphatic carbocycles. The lowest BCUT2D eigenvalue weighted by molar-refractivity contribution is 0.174. The second-order valence-electron chi connectivity index (χ2n) is 5.18. The molecule has 0 amide bonds. The molecule has 0 aliphatic heterocycles. The summed E-state index contributed by atoms with van der Waals surface area (Å²) in [6.45, 7) is 1.88. The number of ether oxygens (including phenoxy) is 1. The molecule has 0 spiro atoms. The van der Waals surface area contributed by atoms with Gasteiger partial charge in [-0.05, 0) is 44.4 Å². The van der Waals surface area contributed by atoms with E-state index in [1.165, 1.54) is 0 Å². The van der Waals surface area contributed by atoms with Gasteiger partial charge in [-0.15, -0.1) is 0 Å². The molecule has 1 atom stereocenters. The Labute approximate surface area is 125 Å². The first-order chi connectivity index (χ1) is 9.57. The Morgan fingerprint density at radius 1 is 1.45 bits per heavy atom. The third kappa shape index (κ3) is 2.58. The molecule has 1 unspecified atom stereocenters. The third-order valence-corrected chi connectivity index (χ3v) is 4.08. The first-order valence-corrected chi connectivity index (χ1v) is 7.41. The van der Waals surface area contributed by atoms with Crippen molar-refractivity contribution in [1.29, 1.82) is 0 Å². The maximum absolute atomic E-state index is 6.18. The summed E-state index contributed by atoms with van der Waals surface area (Å²) in [5.41, 5.74) is 5.77. The van der Waals surface area contributed by atoms with Crippen molar-refractivity contribution < 1.29 is 9.26 Å². The van der Waals surface area contributed by atoms with Crippen molar-refractivity contribution in [2.45, 2.75) is 37.8 Å². The highest BCUT2D eigenvalue weighted by Crippen LogP contribution is 2.37. The maximum Gasteiger partial charge on any atom is 0.267 e. The molecule has 2 aromatic rings. The van der Waals surface area contributed by atoms with Gasteiger partial charge in [0.1, 0.15) is 5.75 Å². The van der Waals surface area contributed by atoms with Crippen LogP contribution in [0.1, 0.15) is 44.0 Å². The molecular weight excluding hydrogens is 322 g/mol. The highest BCUT2D eigenvalue weighted by atomic mass is 79.9. The van der Waals surface area contributed by atoms with Gasteiger partial charge in [0.05, 0.1) is 5.54 Å². The van der Waals surface area contributed by atoms with Gasteiger partial charge < -0.3 is 15.0 Å². The quantitative estimate of drug-likeness (QED) is 0.926. The van der Waals surface area contributed by atoms with Gasteiger partial charge in [-0.1, -0.05) is 27.2 Å². The second-order valence-corrected chi connectivity index (χ2v) is 6.10. The fraction of sp³-hybridized carbons (Fsp3) is 0.429. The van der Waals surface area contributed by atoms with Crippen LogP contribution >= 0.6 is 15.9 Å². The Balaban J connectivity index is 1.72. The van der Waals surface area contributed by atoms with Gasteiger partial charge in [0.2, 0.25) is 0 Å². The lowest BCUT2D eigenvalue weighted by Crippen LogP contribution is -2.44. The first kappa shape index (κ1) is 13.6. The van der Waals surface area contributed by atoms with Crippen molar-refractivity contribution >= 4 is 15.9 Å². The van der Waals surface area contributed by atoms with Crippen molar-refractivity contribution in [3.05, 3.63) is 40.5 Å². The maximum atomic E-state index is 6.18. The smallest absolute Gasteiger partial charge is 0.267 e. The molecule has 0 bridgehead atoms. The predicted octanol–water partition coefficient (Wildman–Crippen LogP) is 3.31. The minimum absolute atomic E-state index is 0.311. The molecule has 1 fully saturated rings. The van der Waals surface area contributed by atoms with Crippen LogP contribution < -0.4 is 10.5 Å². The number of rotatable bonds is 4. The van der Waals surface area contributed by atoms with Crippen LogP contribution in [-0.4, -0.2) is 10.1 Å². The van der Waals surface area contributed by atoms with E-state index in [-0.39, 0.29) is 6.10 Å². The number of halogens is 1. The minimum Gasteiger partial charge on any atom is -0.481 e. The topological polar surface area (TPSA) is 74.2 Å². The van der Waals surface area contributed by atoms with Crippen LogP contribution in [0.5, 0.6) is 5.75 Å². The van der Waals surface area contributed by atoms with Crippen molar-refractivity contribution in [2.75, 3.05) is 0 Å². The van der Waals surface area contributed by atoms with Crippen LogP contribution in [0.15, 0.2) is 33.3 Å². The fourth-order valence-corrected chi connectivity index (χ4v) is 2.56. The largest absolute Gasteiger partial charge is 0.481 e. The van der Waals surface area contributed by atoms with Gasteiger partial charge in [0, 0.05) is 4.47 Å². The monoisotopic (exact) mass is 337 g/mol. The first-order valence-electron chi connectivity index (χ1n) is 6.62. The van der Waals surface area contributed by atoms with Gasteiger partial charge in [0.15, 0.2) is 11.9 Å². The Kier molecular flexibility index (Phi) is 3.52. The molecule has 5 nitrogen and oxygen atoms in total. The highest BCUT2D eigenvalue weighted by molar-refractivity contribution is 9.10. The van der Waals surface area contributed by atoms with E-state index in [1.807, 2.05) is 31.2 Å². The molecule has 3 rings (SSSR count). The summed E-state index contributed by atoms with van der Waals surface area (Å²) in [5.74, 6) is 1.79. The number of nitrogens with two attached hydrogens (primary N) is 1. The molecule has 1 heterocycles. The zero-order valence-electron chi connectivity index (χ0n) is 11.2. The molecule has 106 valence electrons. The van der Waals surface area contributed by atoms with Crippen LogP contribution in [0, 0.1) is 0 Å². The lowest BCUT2D eigenvalue weighted by Gasteiger charge is -2.34. The molecule has 0 radical (unpaired) electrons. The Bertz CT molecular complexity index is 610. The molecule has 2 N–H and O–H groups in total. The van der Waals surface area contributed by atoms with Crippen LogP contribution in [0.4, 0.5) is 0 Å². The third-order valence-electron chi connectivity index (χ3n) is 3.59. The molecule has 20 heavy (non-hydrogen) atoms. The summed E-state index contributed by atoms with van der Waals surface area (Å²) in [6.07, 6.45) is 2.62. The van der Waals surface area contributed by atoms with Gasteiger partial charge in [0.25, 0.3) is 5.89 Å². The summed E-state index contributed by atoms with van der Waals surface area (Å²) in [6, 6.07) is 7.63. The number of benzene rings is 1. The van der Waals surface area contributed by atoms with E-state index >= 15 is 0 Å². The van der Waals surface area contributed by atoms with E-state index in [1.54, 1.807) is 0 Å². The Hall–Kier alpha value is -1.40. The average molecular weight is 338 g/mol. The molecule has 1 aliphatic rings. The standard InChI is InChI=1S/C14H16BrN3O2/c1-9(19-11-5-2-4-10(15)8-11)12-17-13(18-20-12)14(16)6-3-7-14/h2,4-5,8-9H,3,6-7,16H2,1H3. The molecule has 1 aromatic carbocycles. The summed E-state index contributed by atoms with van der Waals surface area (Å²) in [7, 11) is 0. The van der Waals surface area contributed by atoms with Crippen LogP contribution in [0.25, 0.3) is 0 Å². The average Bonchev–Trinajstić information content (AvgIpc) is 2.86. The Morgan fingerprint density at radius 3 is 2.90 bits per heavy atom. The summed E-state index contributed by atoms with van der Waals surface area (Å²) in [5, 5.41) is 3.99. The highest BCUT2D eigenvalue weighted by Gasteiger charge is 2.39. The van der Waals surface area contributed by atoms with Crippen molar-refractivity contribution in [3.8, 4) is 5.75 Å². The van der Waals surface area contributed by atoms with E-state index in [2.05, 4.69) is 26.1 Å².